The predicted octanol–water partition coefficient (Wildman–Crippen LogP) is 2.78. The van der Waals surface area contributed by atoms with Gasteiger partial charge in [0.25, 0.3) is 0 Å². The third kappa shape index (κ3) is 3.42. The van der Waals surface area contributed by atoms with Crippen molar-refractivity contribution in [3.63, 3.8) is 0 Å². The molecule has 1 N–H and O–H groups in total. The second-order valence-corrected chi connectivity index (χ2v) is 5.91. The molecule has 1 heterocycles. The Labute approximate surface area is 123 Å². The van der Waals surface area contributed by atoms with Gasteiger partial charge in [-0.15, -0.1) is 0 Å². The second kappa shape index (κ2) is 5.48. The van der Waals surface area contributed by atoms with Crippen molar-refractivity contribution >= 4 is 0 Å². The van der Waals surface area contributed by atoms with Crippen molar-refractivity contribution in [3.05, 3.63) is 41.5 Å². The highest BCUT2D eigenvalue weighted by Gasteiger charge is 2.29. The van der Waals surface area contributed by atoms with Crippen LogP contribution in [0.15, 0.2) is 28.8 Å². The first-order valence-corrected chi connectivity index (χ1v) is 7.64. The fraction of sp³-hybridized carbons (Fsp3) is 0.500. The van der Waals surface area contributed by atoms with Crippen molar-refractivity contribution in [2.24, 2.45) is 0 Å². The van der Waals surface area contributed by atoms with Crippen LogP contribution in [0.5, 0.6) is 5.75 Å². The second-order valence-electron chi connectivity index (χ2n) is 5.91. The molecular weight excluding hydrogens is 266 g/mol. The summed E-state index contributed by atoms with van der Waals surface area (Å²) in [6.07, 6.45) is 4.96. The molecule has 0 bridgehead atoms. The molecule has 0 atom stereocenters. The van der Waals surface area contributed by atoms with Crippen molar-refractivity contribution in [1.82, 2.24) is 15.5 Å². The Balaban J connectivity index is 1.28. The first-order valence-electron chi connectivity index (χ1n) is 7.64. The minimum absolute atomic E-state index is 0.357. The zero-order chi connectivity index (χ0) is 14.1. The van der Waals surface area contributed by atoms with Crippen LogP contribution in [0.3, 0.4) is 0 Å². The topological polar surface area (TPSA) is 60.2 Å². The van der Waals surface area contributed by atoms with E-state index in [-0.39, 0.29) is 0 Å². The van der Waals surface area contributed by atoms with E-state index in [4.69, 9.17) is 9.26 Å². The largest absolute Gasteiger partial charge is 0.485 e. The highest BCUT2D eigenvalue weighted by Crippen LogP contribution is 2.38. The molecule has 0 spiro atoms. The Morgan fingerprint density at radius 1 is 1.14 bits per heavy atom. The minimum Gasteiger partial charge on any atom is -0.485 e. The van der Waals surface area contributed by atoms with Crippen LogP contribution < -0.4 is 10.1 Å². The lowest BCUT2D eigenvalue weighted by atomic mass is 10.2. The Morgan fingerprint density at radius 3 is 2.67 bits per heavy atom. The van der Waals surface area contributed by atoms with Gasteiger partial charge in [-0.05, 0) is 43.4 Å². The molecule has 0 aliphatic heterocycles. The van der Waals surface area contributed by atoms with E-state index in [1.807, 2.05) is 12.1 Å². The number of aromatic nitrogens is 2. The van der Waals surface area contributed by atoms with Crippen molar-refractivity contribution in [2.75, 3.05) is 0 Å². The maximum atomic E-state index is 5.69. The van der Waals surface area contributed by atoms with Crippen molar-refractivity contribution < 1.29 is 9.26 Å². The quantitative estimate of drug-likeness (QED) is 0.847. The summed E-state index contributed by atoms with van der Waals surface area (Å²) in [7, 11) is 0. The van der Waals surface area contributed by atoms with Crippen molar-refractivity contribution in [3.8, 4) is 5.75 Å². The molecule has 2 aliphatic carbocycles. The van der Waals surface area contributed by atoms with E-state index < -0.39 is 0 Å². The van der Waals surface area contributed by atoms with Crippen LogP contribution in [0.2, 0.25) is 0 Å². The minimum atomic E-state index is 0.357. The van der Waals surface area contributed by atoms with Gasteiger partial charge in [0, 0.05) is 18.5 Å². The highest BCUT2D eigenvalue weighted by atomic mass is 16.5. The summed E-state index contributed by atoms with van der Waals surface area (Å²) in [6, 6.07) is 8.91. The van der Waals surface area contributed by atoms with E-state index in [1.165, 1.54) is 31.2 Å². The van der Waals surface area contributed by atoms with E-state index in [0.29, 0.717) is 18.3 Å². The first kappa shape index (κ1) is 12.8. The molecule has 2 saturated carbocycles. The van der Waals surface area contributed by atoms with Gasteiger partial charge in [-0.3, -0.25) is 0 Å². The molecule has 0 radical (unpaired) electrons. The monoisotopic (exact) mass is 285 g/mol. The molecule has 1 aromatic carbocycles. The summed E-state index contributed by atoms with van der Waals surface area (Å²) in [5.41, 5.74) is 1.28. The van der Waals surface area contributed by atoms with Gasteiger partial charge in [-0.25, -0.2) is 0 Å². The van der Waals surface area contributed by atoms with Crippen molar-refractivity contribution in [2.45, 2.75) is 50.8 Å². The summed E-state index contributed by atoms with van der Waals surface area (Å²) in [6.45, 7) is 1.29. The van der Waals surface area contributed by atoms with Crippen LogP contribution in [0.25, 0.3) is 0 Å². The average molecular weight is 285 g/mol. The van der Waals surface area contributed by atoms with Crippen LogP contribution in [0, 0.1) is 0 Å². The van der Waals surface area contributed by atoms with Gasteiger partial charge in [0.2, 0.25) is 11.7 Å². The van der Waals surface area contributed by atoms with Gasteiger partial charge < -0.3 is 14.6 Å². The van der Waals surface area contributed by atoms with Crippen LogP contribution in [0.1, 0.15) is 48.9 Å². The lowest BCUT2D eigenvalue weighted by Gasteiger charge is -2.06. The first-order chi connectivity index (χ1) is 10.4. The van der Waals surface area contributed by atoms with Gasteiger partial charge >= 0.3 is 0 Å². The van der Waals surface area contributed by atoms with Crippen LogP contribution >= 0.6 is 0 Å². The number of hydrogen-bond donors (Lipinski definition) is 1. The van der Waals surface area contributed by atoms with Gasteiger partial charge in [0.05, 0.1) is 0 Å². The van der Waals surface area contributed by atoms with E-state index in [0.717, 1.165) is 24.2 Å². The van der Waals surface area contributed by atoms with Gasteiger partial charge in [0.1, 0.15) is 5.75 Å². The molecule has 0 amide bonds. The molecule has 5 heteroatoms. The van der Waals surface area contributed by atoms with E-state index in [9.17, 15) is 0 Å². The predicted molar refractivity (Wildman–Crippen MR) is 76.9 cm³/mol. The zero-order valence-corrected chi connectivity index (χ0v) is 11.9. The van der Waals surface area contributed by atoms with Crippen molar-refractivity contribution in [1.29, 1.82) is 0 Å². The number of rotatable bonds is 7. The lowest BCUT2D eigenvalue weighted by Crippen LogP contribution is -2.15. The fourth-order valence-corrected chi connectivity index (χ4v) is 2.22. The molecule has 21 heavy (non-hydrogen) atoms. The van der Waals surface area contributed by atoms with Crippen LogP contribution in [-0.4, -0.2) is 16.2 Å². The molecule has 110 valence electrons. The van der Waals surface area contributed by atoms with Crippen LogP contribution in [0.4, 0.5) is 0 Å². The number of nitrogens with zero attached hydrogens (tertiary/aromatic N) is 2. The Hall–Kier alpha value is -1.88. The van der Waals surface area contributed by atoms with Gasteiger partial charge in [-0.1, -0.05) is 17.3 Å². The van der Waals surface area contributed by atoms with E-state index in [1.54, 1.807) is 0 Å². The number of nitrogens with one attached hydrogen (secondary N) is 1. The fourth-order valence-electron chi connectivity index (χ4n) is 2.22. The molecule has 2 aliphatic rings. The molecule has 0 saturated heterocycles. The summed E-state index contributed by atoms with van der Waals surface area (Å²) in [5, 5.41) is 7.44. The standard InChI is InChI=1S/C16H19N3O2/c1-7-14(8-2-11(1)9-17-13-5-6-13)20-10-15-18-16(21-19-15)12-3-4-12/h1-2,7-8,12-13,17H,3-6,9-10H2. The molecule has 0 unspecified atom stereocenters. The summed E-state index contributed by atoms with van der Waals surface area (Å²) in [5.74, 6) is 2.71. The third-order valence-electron chi connectivity index (χ3n) is 3.87. The third-order valence-corrected chi connectivity index (χ3v) is 3.87. The summed E-state index contributed by atoms with van der Waals surface area (Å²) in [4.78, 5) is 4.35. The average Bonchev–Trinajstić information content (AvgIpc) is 3.44. The van der Waals surface area contributed by atoms with Gasteiger partial charge in [-0.2, -0.15) is 4.98 Å². The Kier molecular flexibility index (Phi) is 3.35. The lowest BCUT2D eigenvalue weighted by molar-refractivity contribution is 0.285. The maximum Gasteiger partial charge on any atom is 0.229 e. The summed E-state index contributed by atoms with van der Waals surface area (Å²) >= 11 is 0. The molecular formula is C16H19N3O2. The molecule has 1 aromatic heterocycles. The number of ether oxygens (including phenoxy) is 1. The van der Waals surface area contributed by atoms with E-state index >= 15 is 0 Å². The SMILES string of the molecule is c1cc(OCc2noc(C3CC3)n2)ccc1CNC1CC1. The summed E-state index contributed by atoms with van der Waals surface area (Å²) < 4.78 is 10.9. The zero-order valence-electron chi connectivity index (χ0n) is 11.9. The van der Waals surface area contributed by atoms with E-state index in [2.05, 4.69) is 27.6 Å². The smallest absolute Gasteiger partial charge is 0.229 e. The van der Waals surface area contributed by atoms with Crippen LogP contribution in [-0.2, 0) is 13.2 Å². The molecule has 5 nitrogen and oxygen atoms in total. The normalized spacial score (nSPS) is 17.9. The number of benzene rings is 1. The Morgan fingerprint density at radius 2 is 1.95 bits per heavy atom. The number of hydrogen-bond acceptors (Lipinski definition) is 5. The molecule has 4 rings (SSSR count). The molecule has 2 aromatic rings. The molecule has 2 fully saturated rings. The Bertz CT molecular complexity index is 600. The van der Waals surface area contributed by atoms with Gasteiger partial charge in [0.15, 0.2) is 6.61 Å². The maximum absolute atomic E-state index is 5.69. The highest BCUT2D eigenvalue weighted by molar-refractivity contribution is 5.27.